The van der Waals surface area contributed by atoms with E-state index in [9.17, 15) is 4.79 Å². The topological polar surface area (TPSA) is 62.4 Å². The second kappa shape index (κ2) is 9.30. The number of carbonyl (C=O) groups is 1. The van der Waals surface area contributed by atoms with Crippen molar-refractivity contribution in [1.82, 2.24) is 16.0 Å². The van der Waals surface area contributed by atoms with Crippen LogP contribution in [-0.2, 0) is 4.74 Å². The van der Waals surface area contributed by atoms with Crippen molar-refractivity contribution in [3.63, 3.8) is 0 Å². The lowest BCUT2D eigenvalue weighted by atomic mass is 10.0. The highest BCUT2D eigenvalue weighted by Gasteiger charge is 2.42. The standard InChI is InChI=1S/C16H29N3O2S/c1-3-9-21-10-8-17-12(2)6-4-5-7-14-15-13(11-22-14)18-16(20)19-15/h13-15,17H,2-11H2,1H3,(H2,18,19,20). The number of fused-ring (bicyclic) bond motifs is 1. The van der Waals surface area contributed by atoms with Crippen molar-refractivity contribution in [3.8, 4) is 0 Å². The molecule has 2 aliphatic rings. The molecule has 6 heteroatoms. The van der Waals surface area contributed by atoms with Crippen molar-refractivity contribution < 1.29 is 9.53 Å². The van der Waals surface area contributed by atoms with Gasteiger partial charge >= 0.3 is 6.03 Å². The van der Waals surface area contributed by atoms with Crippen LogP contribution in [0.4, 0.5) is 4.79 Å². The van der Waals surface area contributed by atoms with Crippen molar-refractivity contribution >= 4 is 17.8 Å². The second-order valence-corrected chi connectivity index (χ2v) is 7.28. The van der Waals surface area contributed by atoms with Crippen molar-refractivity contribution in [2.24, 2.45) is 0 Å². The summed E-state index contributed by atoms with van der Waals surface area (Å²) >= 11 is 1.98. The van der Waals surface area contributed by atoms with Crippen LogP contribution in [-0.4, -0.2) is 48.9 Å². The summed E-state index contributed by atoms with van der Waals surface area (Å²) in [5.41, 5.74) is 1.10. The predicted molar refractivity (Wildman–Crippen MR) is 92.2 cm³/mol. The Labute approximate surface area is 138 Å². The van der Waals surface area contributed by atoms with E-state index in [4.69, 9.17) is 4.74 Å². The van der Waals surface area contributed by atoms with Gasteiger partial charge in [0, 0.05) is 29.9 Å². The lowest BCUT2D eigenvalue weighted by Gasteiger charge is -2.16. The quantitative estimate of drug-likeness (QED) is 0.402. The van der Waals surface area contributed by atoms with E-state index in [0.29, 0.717) is 17.3 Å². The minimum atomic E-state index is 0.00293. The van der Waals surface area contributed by atoms with Gasteiger partial charge in [-0.05, 0) is 25.7 Å². The molecule has 2 amide bonds. The molecule has 0 aromatic carbocycles. The van der Waals surface area contributed by atoms with Gasteiger partial charge in [-0.2, -0.15) is 11.8 Å². The Hall–Kier alpha value is -0.880. The average molecular weight is 327 g/mol. The zero-order valence-electron chi connectivity index (χ0n) is 13.5. The van der Waals surface area contributed by atoms with Crippen LogP contribution < -0.4 is 16.0 Å². The molecule has 22 heavy (non-hydrogen) atoms. The first kappa shape index (κ1) is 17.5. The molecule has 0 radical (unpaired) electrons. The molecule has 2 aliphatic heterocycles. The molecule has 0 spiro atoms. The minimum Gasteiger partial charge on any atom is -0.387 e. The summed E-state index contributed by atoms with van der Waals surface area (Å²) in [5, 5.41) is 9.91. The zero-order valence-corrected chi connectivity index (χ0v) is 14.3. The third kappa shape index (κ3) is 5.39. The van der Waals surface area contributed by atoms with Crippen LogP contribution in [0.3, 0.4) is 0 Å². The van der Waals surface area contributed by atoms with E-state index in [2.05, 4.69) is 29.5 Å². The molecule has 3 N–H and O–H groups in total. The average Bonchev–Trinajstić information content (AvgIpc) is 3.03. The number of hydrogen-bond acceptors (Lipinski definition) is 4. The number of allylic oxidation sites excluding steroid dienone is 1. The number of carbonyl (C=O) groups excluding carboxylic acids is 1. The molecule has 2 saturated heterocycles. The molecule has 0 aromatic rings. The summed E-state index contributed by atoms with van der Waals surface area (Å²) in [7, 11) is 0. The molecule has 5 nitrogen and oxygen atoms in total. The number of unbranched alkanes of at least 4 members (excludes halogenated alkanes) is 1. The Bertz CT molecular complexity index is 378. The van der Waals surface area contributed by atoms with Crippen LogP contribution in [0.1, 0.15) is 39.0 Å². The summed E-state index contributed by atoms with van der Waals surface area (Å²) in [6.45, 7) is 8.61. The second-order valence-electron chi connectivity index (χ2n) is 6.01. The molecule has 2 fully saturated rings. The van der Waals surface area contributed by atoms with Crippen molar-refractivity contribution in [2.75, 3.05) is 25.5 Å². The Morgan fingerprint density at radius 2 is 2.27 bits per heavy atom. The monoisotopic (exact) mass is 327 g/mol. The molecule has 0 saturated carbocycles. The van der Waals surface area contributed by atoms with Gasteiger partial charge < -0.3 is 20.7 Å². The predicted octanol–water partition coefficient (Wildman–Crippen LogP) is 2.24. The van der Waals surface area contributed by atoms with E-state index < -0.39 is 0 Å². The van der Waals surface area contributed by atoms with Crippen LogP contribution in [0.2, 0.25) is 0 Å². The van der Waals surface area contributed by atoms with E-state index >= 15 is 0 Å². The largest absolute Gasteiger partial charge is 0.387 e. The van der Waals surface area contributed by atoms with E-state index in [-0.39, 0.29) is 6.03 Å². The molecule has 3 unspecified atom stereocenters. The highest BCUT2D eigenvalue weighted by atomic mass is 32.2. The van der Waals surface area contributed by atoms with Gasteiger partial charge in [0.2, 0.25) is 0 Å². The SMILES string of the molecule is C=C(CCCCC1SCC2NC(=O)NC21)NCCOCCC. The molecule has 2 heterocycles. The Balaban J connectivity index is 1.49. The zero-order chi connectivity index (χ0) is 15.8. The molecular weight excluding hydrogens is 298 g/mol. The Morgan fingerprint density at radius 1 is 1.41 bits per heavy atom. The maximum Gasteiger partial charge on any atom is 0.315 e. The maximum atomic E-state index is 11.3. The Kier molecular flexibility index (Phi) is 7.39. The van der Waals surface area contributed by atoms with E-state index in [0.717, 1.165) is 50.5 Å². The van der Waals surface area contributed by atoms with Gasteiger partial charge in [0.05, 0.1) is 18.7 Å². The van der Waals surface area contributed by atoms with E-state index in [1.807, 2.05) is 11.8 Å². The highest BCUT2D eigenvalue weighted by molar-refractivity contribution is 8.00. The van der Waals surface area contributed by atoms with E-state index in [1.165, 1.54) is 12.8 Å². The number of thioether (sulfide) groups is 1. The lowest BCUT2D eigenvalue weighted by Crippen LogP contribution is -2.36. The van der Waals surface area contributed by atoms with Gasteiger partial charge in [0.1, 0.15) is 0 Å². The summed E-state index contributed by atoms with van der Waals surface area (Å²) in [4.78, 5) is 11.3. The summed E-state index contributed by atoms with van der Waals surface area (Å²) in [6, 6.07) is 0.667. The molecule has 126 valence electrons. The van der Waals surface area contributed by atoms with Crippen LogP contribution in [0, 0.1) is 0 Å². The third-order valence-electron chi connectivity index (χ3n) is 4.13. The van der Waals surface area contributed by atoms with Crippen molar-refractivity contribution in [1.29, 1.82) is 0 Å². The van der Waals surface area contributed by atoms with Crippen LogP contribution in [0.25, 0.3) is 0 Å². The van der Waals surface area contributed by atoms with Gasteiger partial charge in [-0.3, -0.25) is 0 Å². The maximum absolute atomic E-state index is 11.3. The lowest BCUT2D eigenvalue weighted by molar-refractivity contribution is 0.138. The number of urea groups is 1. The van der Waals surface area contributed by atoms with Gasteiger partial charge in [-0.25, -0.2) is 4.79 Å². The van der Waals surface area contributed by atoms with Crippen LogP contribution >= 0.6 is 11.8 Å². The Morgan fingerprint density at radius 3 is 3.09 bits per heavy atom. The highest BCUT2D eigenvalue weighted by Crippen LogP contribution is 2.33. The number of amides is 2. The fraction of sp³-hybridized carbons (Fsp3) is 0.812. The number of nitrogens with one attached hydrogen (secondary N) is 3. The number of ether oxygens (including phenoxy) is 1. The molecule has 3 atom stereocenters. The molecule has 0 bridgehead atoms. The van der Waals surface area contributed by atoms with Crippen LogP contribution in [0.5, 0.6) is 0 Å². The smallest absolute Gasteiger partial charge is 0.315 e. The minimum absolute atomic E-state index is 0.00293. The van der Waals surface area contributed by atoms with Gasteiger partial charge in [-0.15, -0.1) is 0 Å². The first-order valence-electron chi connectivity index (χ1n) is 8.38. The fourth-order valence-corrected chi connectivity index (χ4v) is 4.51. The van der Waals surface area contributed by atoms with Crippen LogP contribution in [0.15, 0.2) is 12.3 Å². The van der Waals surface area contributed by atoms with Gasteiger partial charge in [0.25, 0.3) is 0 Å². The number of hydrogen-bond donors (Lipinski definition) is 3. The third-order valence-corrected chi connectivity index (χ3v) is 5.63. The van der Waals surface area contributed by atoms with Gasteiger partial charge in [0.15, 0.2) is 0 Å². The summed E-state index contributed by atoms with van der Waals surface area (Å²) in [6.07, 6.45) is 5.59. The summed E-state index contributed by atoms with van der Waals surface area (Å²) in [5.74, 6) is 1.04. The number of rotatable bonds is 11. The van der Waals surface area contributed by atoms with Gasteiger partial charge in [-0.1, -0.05) is 19.9 Å². The molecule has 0 aromatic heterocycles. The normalized spacial score (nSPS) is 26.4. The van der Waals surface area contributed by atoms with Crippen molar-refractivity contribution in [2.45, 2.75) is 56.4 Å². The first-order chi connectivity index (χ1) is 10.7. The molecule has 0 aliphatic carbocycles. The fourth-order valence-electron chi connectivity index (χ4n) is 2.96. The molecule has 2 rings (SSSR count). The first-order valence-corrected chi connectivity index (χ1v) is 9.43. The molecular formula is C16H29N3O2S. The van der Waals surface area contributed by atoms with Crippen molar-refractivity contribution in [3.05, 3.63) is 12.3 Å². The summed E-state index contributed by atoms with van der Waals surface area (Å²) < 4.78 is 5.43. The van der Waals surface area contributed by atoms with E-state index in [1.54, 1.807) is 0 Å².